The normalized spacial score (nSPS) is 14.3. The molecule has 0 amide bonds. The summed E-state index contributed by atoms with van der Waals surface area (Å²) in [5.41, 5.74) is 2.59. The summed E-state index contributed by atoms with van der Waals surface area (Å²) < 4.78 is 5.99. The van der Waals surface area contributed by atoms with Gasteiger partial charge in [-0.05, 0) is 30.7 Å². The number of hydrogen-bond donors (Lipinski definition) is 1. The maximum atomic E-state index is 12.4. The van der Waals surface area contributed by atoms with Gasteiger partial charge in [-0.15, -0.1) is 0 Å². The molecule has 1 aromatic carbocycles. The van der Waals surface area contributed by atoms with E-state index in [0.29, 0.717) is 18.1 Å². The molecule has 3 aromatic rings. The first-order valence-corrected chi connectivity index (χ1v) is 9.68. The Kier molecular flexibility index (Phi) is 5.14. The molecule has 6 heteroatoms. The highest BCUT2D eigenvalue weighted by Gasteiger charge is 2.22. The maximum Gasteiger partial charge on any atom is 0.255 e. The monoisotopic (exact) mass is 383 g/mol. The van der Waals surface area contributed by atoms with Crippen molar-refractivity contribution in [3.63, 3.8) is 0 Å². The third-order valence-corrected chi connectivity index (χ3v) is 5.19. The number of hydrogen-bond acceptors (Lipinski definition) is 4. The van der Waals surface area contributed by atoms with Gasteiger partial charge in [0, 0.05) is 31.5 Å². The van der Waals surface area contributed by atoms with Crippen LogP contribution in [0.5, 0.6) is 0 Å². The van der Waals surface area contributed by atoms with Crippen LogP contribution in [0.1, 0.15) is 36.2 Å². The van der Waals surface area contributed by atoms with Crippen LogP contribution >= 0.6 is 11.6 Å². The molecule has 3 heterocycles. The van der Waals surface area contributed by atoms with Crippen LogP contribution < -0.4 is 5.56 Å². The first kappa shape index (κ1) is 18.0. The van der Waals surface area contributed by atoms with Crippen LogP contribution in [0, 0.1) is 0 Å². The van der Waals surface area contributed by atoms with Crippen LogP contribution in [0.15, 0.2) is 45.6 Å². The van der Waals surface area contributed by atoms with Crippen molar-refractivity contribution in [1.82, 2.24) is 14.9 Å². The SMILES string of the molecule is CCCc1nc2c(c(=O)[nH]1)CN(Cc1ccc(-c3ccccc3Cl)o1)CC2. The van der Waals surface area contributed by atoms with E-state index in [1.807, 2.05) is 36.4 Å². The minimum atomic E-state index is -0.00986. The van der Waals surface area contributed by atoms with E-state index in [2.05, 4.69) is 21.8 Å². The molecule has 5 nitrogen and oxygen atoms in total. The molecular formula is C21H22ClN3O2. The van der Waals surface area contributed by atoms with Gasteiger partial charge in [0.15, 0.2) is 0 Å². The molecular weight excluding hydrogens is 362 g/mol. The zero-order chi connectivity index (χ0) is 18.8. The summed E-state index contributed by atoms with van der Waals surface area (Å²) in [5, 5.41) is 0.672. The van der Waals surface area contributed by atoms with Crippen LogP contribution in [-0.2, 0) is 25.9 Å². The van der Waals surface area contributed by atoms with Crippen molar-refractivity contribution in [3.05, 3.63) is 74.6 Å². The van der Waals surface area contributed by atoms with Crippen molar-refractivity contribution < 1.29 is 4.42 Å². The molecule has 1 aliphatic rings. The predicted molar refractivity (Wildman–Crippen MR) is 106 cm³/mol. The molecule has 0 saturated heterocycles. The van der Waals surface area contributed by atoms with Crippen LogP contribution in [0.4, 0.5) is 0 Å². The number of aryl methyl sites for hydroxylation is 1. The van der Waals surface area contributed by atoms with Crippen molar-refractivity contribution in [2.45, 2.75) is 39.3 Å². The molecule has 0 atom stereocenters. The summed E-state index contributed by atoms with van der Waals surface area (Å²) in [7, 11) is 0. The van der Waals surface area contributed by atoms with Gasteiger partial charge < -0.3 is 9.40 Å². The topological polar surface area (TPSA) is 62.1 Å². The van der Waals surface area contributed by atoms with Gasteiger partial charge in [0.05, 0.1) is 22.8 Å². The lowest BCUT2D eigenvalue weighted by atomic mass is 10.1. The number of aromatic amines is 1. The van der Waals surface area contributed by atoms with E-state index in [1.165, 1.54) is 0 Å². The van der Waals surface area contributed by atoms with Crippen LogP contribution in [-0.4, -0.2) is 21.4 Å². The van der Waals surface area contributed by atoms with E-state index < -0.39 is 0 Å². The molecule has 0 unspecified atom stereocenters. The zero-order valence-corrected chi connectivity index (χ0v) is 16.1. The number of benzene rings is 1. The Morgan fingerprint density at radius 1 is 1.26 bits per heavy atom. The van der Waals surface area contributed by atoms with Crippen molar-refractivity contribution in [2.75, 3.05) is 6.54 Å². The summed E-state index contributed by atoms with van der Waals surface area (Å²) in [4.78, 5) is 22.2. The predicted octanol–water partition coefficient (Wildman–Crippen LogP) is 4.19. The van der Waals surface area contributed by atoms with E-state index in [0.717, 1.165) is 60.0 Å². The number of nitrogens with one attached hydrogen (secondary N) is 1. The number of furan rings is 1. The van der Waals surface area contributed by atoms with Crippen molar-refractivity contribution in [3.8, 4) is 11.3 Å². The van der Waals surface area contributed by atoms with E-state index >= 15 is 0 Å². The van der Waals surface area contributed by atoms with Gasteiger partial charge >= 0.3 is 0 Å². The molecule has 0 spiro atoms. The second kappa shape index (κ2) is 7.71. The summed E-state index contributed by atoms with van der Waals surface area (Å²) in [6.45, 7) is 4.19. The zero-order valence-electron chi connectivity index (χ0n) is 15.3. The fraction of sp³-hybridized carbons (Fsp3) is 0.333. The lowest BCUT2D eigenvalue weighted by molar-refractivity contribution is 0.223. The second-order valence-electron chi connectivity index (χ2n) is 6.89. The third kappa shape index (κ3) is 3.84. The molecule has 4 rings (SSSR count). The van der Waals surface area contributed by atoms with Crippen LogP contribution in [0.2, 0.25) is 5.02 Å². The average Bonchev–Trinajstić information content (AvgIpc) is 3.11. The summed E-state index contributed by atoms with van der Waals surface area (Å²) >= 11 is 6.25. The number of halogens is 1. The first-order valence-electron chi connectivity index (χ1n) is 9.31. The summed E-state index contributed by atoms with van der Waals surface area (Å²) in [6, 6.07) is 11.6. The first-order chi connectivity index (χ1) is 13.1. The van der Waals surface area contributed by atoms with E-state index in [4.69, 9.17) is 16.0 Å². The highest BCUT2D eigenvalue weighted by Crippen LogP contribution is 2.29. The summed E-state index contributed by atoms with van der Waals surface area (Å²) in [6.07, 6.45) is 2.57. The fourth-order valence-electron chi connectivity index (χ4n) is 3.51. The Labute approximate surface area is 163 Å². The van der Waals surface area contributed by atoms with Gasteiger partial charge in [0.2, 0.25) is 0 Å². The smallest absolute Gasteiger partial charge is 0.255 e. The fourth-order valence-corrected chi connectivity index (χ4v) is 3.74. The Balaban J connectivity index is 1.50. The third-order valence-electron chi connectivity index (χ3n) is 4.86. The van der Waals surface area contributed by atoms with Crippen LogP contribution in [0.3, 0.4) is 0 Å². The second-order valence-corrected chi connectivity index (χ2v) is 7.30. The Hall–Kier alpha value is -2.37. The molecule has 0 fully saturated rings. The number of aromatic nitrogens is 2. The quantitative estimate of drug-likeness (QED) is 0.717. The van der Waals surface area contributed by atoms with E-state index in [-0.39, 0.29) is 5.56 Å². The molecule has 0 saturated carbocycles. The standard InChI is InChI=1S/C21H22ClN3O2/c1-2-5-20-23-18-10-11-25(13-16(18)21(26)24-20)12-14-8-9-19(27-14)15-6-3-4-7-17(15)22/h3-4,6-9H,2,5,10-13H2,1H3,(H,23,24,26). The van der Waals surface area contributed by atoms with Gasteiger partial charge in [-0.25, -0.2) is 4.98 Å². The Bertz CT molecular complexity index is 1010. The molecule has 0 aliphatic carbocycles. The van der Waals surface area contributed by atoms with Gasteiger partial charge in [0.25, 0.3) is 5.56 Å². The van der Waals surface area contributed by atoms with Crippen molar-refractivity contribution in [1.29, 1.82) is 0 Å². The van der Waals surface area contributed by atoms with Crippen molar-refractivity contribution >= 4 is 11.6 Å². The lowest BCUT2D eigenvalue weighted by Gasteiger charge is -2.26. The average molecular weight is 384 g/mol. The van der Waals surface area contributed by atoms with Gasteiger partial charge in [-0.2, -0.15) is 0 Å². The minimum absolute atomic E-state index is 0.00986. The molecule has 0 radical (unpaired) electrons. The molecule has 140 valence electrons. The highest BCUT2D eigenvalue weighted by molar-refractivity contribution is 6.33. The number of rotatable bonds is 5. The molecule has 0 bridgehead atoms. The largest absolute Gasteiger partial charge is 0.460 e. The van der Waals surface area contributed by atoms with Gasteiger partial charge in [0.1, 0.15) is 17.3 Å². The Morgan fingerprint density at radius 3 is 2.93 bits per heavy atom. The number of H-pyrrole nitrogens is 1. The van der Waals surface area contributed by atoms with E-state index in [1.54, 1.807) is 0 Å². The minimum Gasteiger partial charge on any atom is -0.460 e. The molecule has 2 aromatic heterocycles. The summed E-state index contributed by atoms with van der Waals surface area (Å²) in [5.74, 6) is 2.42. The lowest BCUT2D eigenvalue weighted by Crippen LogP contribution is -2.35. The van der Waals surface area contributed by atoms with Gasteiger partial charge in [-0.1, -0.05) is 30.7 Å². The Morgan fingerprint density at radius 2 is 2.11 bits per heavy atom. The number of nitrogens with zero attached hydrogens (tertiary/aromatic N) is 2. The molecule has 1 N–H and O–H groups in total. The van der Waals surface area contributed by atoms with Crippen LogP contribution in [0.25, 0.3) is 11.3 Å². The highest BCUT2D eigenvalue weighted by atomic mass is 35.5. The molecule has 27 heavy (non-hydrogen) atoms. The van der Waals surface area contributed by atoms with E-state index in [9.17, 15) is 4.79 Å². The molecule has 1 aliphatic heterocycles. The van der Waals surface area contributed by atoms with Crippen molar-refractivity contribution in [2.24, 2.45) is 0 Å². The number of fused-ring (bicyclic) bond motifs is 1. The maximum absolute atomic E-state index is 12.4. The van der Waals surface area contributed by atoms with Gasteiger partial charge in [-0.3, -0.25) is 9.69 Å².